The van der Waals surface area contributed by atoms with E-state index < -0.39 is 17.1 Å². The molecule has 0 saturated carbocycles. The van der Waals surface area contributed by atoms with Crippen molar-refractivity contribution in [3.05, 3.63) is 80.9 Å². The smallest absolute Gasteiger partial charge is 0.334 e. The molecule has 0 amide bonds. The maximum Gasteiger partial charge on any atom is 0.334 e. The van der Waals surface area contributed by atoms with Gasteiger partial charge in [0.1, 0.15) is 11.2 Å². The van der Waals surface area contributed by atoms with Gasteiger partial charge in [-0.3, -0.25) is 9.78 Å². The van der Waals surface area contributed by atoms with Crippen molar-refractivity contribution in [3.8, 4) is 17.2 Å². The van der Waals surface area contributed by atoms with Gasteiger partial charge < -0.3 is 15.5 Å². The number of benzene rings is 2. The van der Waals surface area contributed by atoms with Crippen molar-refractivity contribution in [2.24, 2.45) is 0 Å². The molecule has 0 spiro atoms. The molecule has 4 N–H and O–H groups in total. The van der Waals surface area contributed by atoms with E-state index in [-0.39, 0.29) is 34.2 Å². The predicted molar refractivity (Wildman–Crippen MR) is 108 cm³/mol. The van der Waals surface area contributed by atoms with E-state index in [1.807, 2.05) is 0 Å². The summed E-state index contributed by atoms with van der Waals surface area (Å²) in [5.74, 6) is -0.778. The van der Waals surface area contributed by atoms with Crippen molar-refractivity contribution in [1.29, 1.82) is 0 Å². The number of fused-ring (bicyclic) bond motifs is 1. The first-order chi connectivity index (χ1) is 14.4. The zero-order valence-electron chi connectivity index (χ0n) is 15.5. The van der Waals surface area contributed by atoms with Crippen molar-refractivity contribution < 1.29 is 14.6 Å². The van der Waals surface area contributed by atoms with Gasteiger partial charge >= 0.3 is 5.69 Å². The van der Waals surface area contributed by atoms with Crippen molar-refractivity contribution in [3.63, 3.8) is 0 Å². The van der Waals surface area contributed by atoms with Gasteiger partial charge in [0.2, 0.25) is 5.95 Å². The van der Waals surface area contributed by atoms with Crippen LogP contribution in [0.25, 0.3) is 16.7 Å². The van der Waals surface area contributed by atoms with Crippen molar-refractivity contribution in [2.75, 3.05) is 11.9 Å². The lowest BCUT2D eigenvalue weighted by atomic mass is 10.1. The highest BCUT2D eigenvalue weighted by atomic mass is 19.1. The van der Waals surface area contributed by atoms with Crippen LogP contribution in [0.1, 0.15) is 5.56 Å². The molecule has 0 bridgehead atoms. The summed E-state index contributed by atoms with van der Waals surface area (Å²) >= 11 is 0. The van der Waals surface area contributed by atoms with Crippen molar-refractivity contribution >= 4 is 17.0 Å². The van der Waals surface area contributed by atoms with Crippen LogP contribution in [0.3, 0.4) is 0 Å². The molecule has 0 atom stereocenters. The monoisotopic (exact) mass is 409 g/mol. The molecule has 30 heavy (non-hydrogen) atoms. The van der Waals surface area contributed by atoms with E-state index in [0.29, 0.717) is 13.0 Å². The number of rotatable bonds is 5. The Morgan fingerprint density at radius 1 is 1.10 bits per heavy atom. The number of aromatic nitrogens is 4. The minimum atomic E-state index is -0.748. The summed E-state index contributed by atoms with van der Waals surface area (Å²) in [6.45, 7) is 0.403. The number of phenolic OH excluding ortho intramolecular Hbond substituents is 2. The Morgan fingerprint density at radius 2 is 1.93 bits per heavy atom. The van der Waals surface area contributed by atoms with Gasteiger partial charge in [-0.15, -0.1) is 0 Å². The largest absolute Gasteiger partial charge is 0.504 e. The van der Waals surface area contributed by atoms with Crippen molar-refractivity contribution in [1.82, 2.24) is 19.5 Å². The van der Waals surface area contributed by atoms with Crippen LogP contribution in [0, 0.1) is 5.82 Å². The third-order valence-corrected chi connectivity index (χ3v) is 4.45. The molecule has 2 aromatic heterocycles. The van der Waals surface area contributed by atoms with Gasteiger partial charge in [0.05, 0.1) is 5.69 Å². The fraction of sp³-hybridized carbons (Fsp3) is 0.100. The lowest BCUT2D eigenvalue weighted by Gasteiger charge is -2.08. The topological polar surface area (TPSA) is 133 Å². The predicted octanol–water partition coefficient (Wildman–Crippen LogP) is 1.67. The van der Waals surface area contributed by atoms with Gasteiger partial charge in [-0.2, -0.15) is 4.98 Å². The molecule has 0 aliphatic rings. The second-order valence-electron chi connectivity index (χ2n) is 6.51. The van der Waals surface area contributed by atoms with Crippen LogP contribution in [0.2, 0.25) is 0 Å². The van der Waals surface area contributed by atoms with E-state index in [0.717, 1.165) is 16.2 Å². The molecular weight excluding hydrogens is 393 g/mol. The molecule has 0 aliphatic heterocycles. The molecule has 9 nitrogen and oxygen atoms in total. The summed E-state index contributed by atoms with van der Waals surface area (Å²) in [6, 6.07) is 9.66. The van der Waals surface area contributed by atoms with E-state index in [1.54, 1.807) is 6.07 Å². The van der Waals surface area contributed by atoms with Crippen LogP contribution in [-0.4, -0.2) is 36.3 Å². The quantitative estimate of drug-likeness (QED) is 0.369. The second-order valence-corrected chi connectivity index (χ2v) is 6.51. The van der Waals surface area contributed by atoms with Gasteiger partial charge in [0.25, 0.3) is 5.56 Å². The molecule has 152 valence electrons. The number of nitrogens with zero attached hydrogens (tertiary/aromatic N) is 3. The Balaban J connectivity index is 1.59. The normalized spacial score (nSPS) is 11.0. The summed E-state index contributed by atoms with van der Waals surface area (Å²) in [5.41, 5.74) is -0.474. The van der Waals surface area contributed by atoms with Gasteiger partial charge in [-0.05, 0) is 42.3 Å². The van der Waals surface area contributed by atoms with Gasteiger partial charge in [0.15, 0.2) is 17.1 Å². The highest BCUT2D eigenvalue weighted by molar-refractivity contribution is 5.73. The Kier molecular flexibility index (Phi) is 4.88. The van der Waals surface area contributed by atoms with Gasteiger partial charge in [-0.1, -0.05) is 12.1 Å². The average molecular weight is 409 g/mol. The number of aromatic hydroxyl groups is 2. The third kappa shape index (κ3) is 3.70. The minimum Gasteiger partial charge on any atom is -0.504 e. The molecule has 4 rings (SSSR count). The molecule has 4 aromatic rings. The standard InChI is InChI=1S/C20H16FN5O4/c21-12-2-1-3-13(9-12)26-18(29)14-10-23-19(24-17(14)25-20(26)30)22-7-6-11-4-5-15(27)16(28)8-11/h1-5,8-10,27-28H,6-7H2,(H2,22,23,24,25,30). The van der Waals surface area contributed by atoms with Crippen LogP contribution < -0.4 is 16.6 Å². The fourth-order valence-corrected chi connectivity index (χ4v) is 2.98. The number of H-pyrrole nitrogens is 1. The van der Waals surface area contributed by atoms with Crippen LogP contribution in [0.15, 0.2) is 58.3 Å². The van der Waals surface area contributed by atoms with Crippen LogP contribution in [0.4, 0.5) is 10.3 Å². The zero-order valence-corrected chi connectivity index (χ0v) is 15.5. The maximum atomic E-state index is 13.5. The summed E-state index contributed by atoms with van der Waals surface area (Å²) in [6.07, 6.45) is 1.79. The third-order valence-electron chi connectivity index (χ3n) is 4.45. The zero-order chi connectivity index (χ0) is 21.3. The number of nitrogens with one attached hydrogen (secondary N) is 2. The Bertz CT molecular complexity index is 1370. The molecule has 0 radical (unpaired) electrons. The number of phenols is 2. The minimum absolute atomic E-state index is 0.0532. The number of aromatic amines is 1. The van der Waals surface area contributed by atoms with Crippen molar-refractivity contribution in [2.45, 2.75) is 6.42 Å². The molecule has 0 fully saturated rings. The van der Waals surface area contributed by atoms with E-state index in [4.69, 9.17) is 0 Å². The molecular formula is C20H16FN5O4. The molecule has 10 heteroatoms. The first kappa shape index (κ1) is 19.1. The Morgan fingerprint density at radius 3 is 2.70 bits per heavy atom. The average Bonchev–Trinajstić information content (AvgIpc) is 2.70. The van der Waals surface area contributed by atoms with Crippen LogP contribution in [-0.2, 0) is 6.42 Å². The highest BCUT2D eigenvalue weighted by Gasteiger charge is 2.12. The van der Waals surface area contributed by atoms with E-state index in [2.05, 4.69) is 20.3 Å². The van der Waals surface area contributed by atoms with E-state index in [1.165, 1.54) is 36.5 Å². The Hall–Kier alpha value is -4.21. The molecule has 2 heterocycles. The van der Waals surface area contributed by atoms with Crippen LogP contribution in [0.5, 0.6) is 11.5 Å². The number of hydrogen-bond acceptors (Lipinski definition) is 7. The van der Waals surface area contributed by atoms with Gasteiger partial charge in [0, 0.05) is 12.7 Å². The number of hydrogen-bond donors (Lipinski definition) is 4. The number of halogens is 1. The lowest BCUT2D eigenvalue weighted by molar-refractivity contribution is 0.403. The SMILES string of the molecule is O=c1[nH]c2nc(NCCc3ccc(O)c(O)c3)ncc2c(=O)n1-c1cccc(F)c1. The lowest BCUT2D eigenvalue weighted by Crippen LogP contribution is -2.34. The van der Waals surface area contributed by atoms with Gasteiger partial charge in [-0.25, -0.2) is 18.7 Å². The molecule has 0 unspecified atom stereocenters. The first-order valence-electron chi connectivity index (χ1n) is 8.95. The van der Waals surface area contributed by atoms with Crippen LogP contribution >= 0.6 is 0 Å². The summed E-state index contributed by atoms with van der Waals surface area (Å²) in [4.78, 5) is 35.9. The molecule has 0 saturated heterocycles. The highest BCUT2D eigenvalue weighted by Crippen LogP contribution is 2.25. The first-order valence-corrected chi connectivity index (χ1v) is 8.95. The van der Waals surface area contributed by atoms with E-state index >= 15 is 0 Å². The summed E-state index contributed by atoms with van der Waals surface area (Å²) in [5, 5.41) is 21.9. The Labute approximate surface area is 168 Å². The summed E-state index contributed by atoms with van der Waals surface area (Å²) < 4.78 is 14.3. The fourth-order valence-electron chi connectivity index (χ4n) is 2.98. The molecule has 2 aromatic carbocycles. The maximum absolute atomic E-state index is 13.5. The second kappa shape index (κ2) is 7.66. The summed E-state index contributed by atoms with van der Waals surface area (Å²) in [7, 11) is 0. The van der Waals surface area contributed by atoms with E-state index in [9.17, 15) is 24.2 Å². The molecule has 0 aliphatic carbocycles. The number of anilines is 1.